The molecule has 0 spiro atoms. The number of hydrogen-bond acceptors (Lipinski definition) is 3. The van der Waals surface area contributed by atoms with Gasteiger partial charge < -0.3 is 10.6 Å². The van der Waals surface area contributed by atoms with Crippen LogP contribution in [-0.2, 0) is 0 Å². The number of hydrogen-bond donors (Lipinski definition) is 2. The van der Waals surface area contributed by atoms with Crippen LogP contribution >= 0.6 is 11.6 Å². The van der Waals surface area contributed by atoms with Gasteiger partial charge in [-0.2, -0.15) is 0 Å². The van der Waals surface area contributed by atoms with Gasteiger partial charge in [-0.3, -0.25) is 14.6 Å². The van der Waals surface area contributed by atoms with Crippen LogP contribution in [0.1, 0.15) is 34.6 Å². The molecule has 120 valence electrons. The van der Waals surface area contributed by atoms with Crippen molar-refractivity contribution in [2.24, 2.45) is 0 Å². The van der Waals surface area contributed by atoms with E-state index in [1.165, 1.54) is 30.6 Å². The zero-order chi connectivity index (χ0) is 17.0. The minimum absolute atomic E-state index is 0.0265. The second-order valence-corrected chi connectivity index (χ2v) is 5.58. The Balaban J connectivity index is 2.16. The number of nitrogens with one attached hydrogen (secondary N) is 2. The predicted molar refractivity (Wildman–Crippen MR) is 86.2 cm³/mol. The largest absolute Gasteiger partial charge is 0.350 e. The molecule has 1 heterocycles. The van der Waals surface area contributed by atoms with E-state index >= 15 is 0 Å². The fraction of sp³-hybridized carbons (Fsp3) is 0.188. The molecule has 1 aromatic heterocycles. The minimum Gasteiger partial charge on any atom is -0.350 e. The van der Waals surface area contributed by atoms with Crippen LogP contribution in [-0.4, -0.2) is 22.8 Å². The molecular formula is C16H15ClFN3O2. The number of amides is 2. The summed E-state index contributed by atoms with van der Waals surface area (Å²) >= 11 is 5.67. The Hall–Kier alpha value is -2.47. The molecule has 0 saturated carbocycles. The lowest BCUT2D eigenvalue weighted by Gasteiger charge is -2.09. The van der Waals surface area contributed by atoms with E-state index < -0.39 is 11.7 Å². The first-order valence-electron chi connectivity index (χ1n) is 6.89. The van der Waals surface area contributed by atoms with Crippen LogP contribution in [0.3, 0.4) is 0 Å². The van der Waals surface area contributed by atoms with Crippen LogP contribution in [0.15, 0.2) is 36.7 Å². The Morgan fingerprint density at radius 3 is 2.39 bits per heavy atom. The van der Waals surface area contributed by atoms with Crippen LogP contribution in [0.25, 0.3) is 0 Å². The number of carbonyl (C=O) groups is 2. The normalized spacial score (nSPS) is 10.5. The summed E-state index contributed by atoms with van der Waals surface area (Å²) in [7, 11) is 0. The molecule has 7 heteroatoms. The van der Waals surface area contributed by atoms with E-state index in [-0.39, 0.29) is 28.1 Å². The molecule has 2 rings (SSSR count). The van der Waals surface area contributed by atoms with E-state index in [9.17, 15) is 14.0 Å². The summed E-state index contributed by atoms with van der Waals surface area (Å²) in [5, 5.41) is 5.20. The standard InChI is InChI=1S/C16H15ClFN3O2/c1-9(2)20-15(22)10-5-11(8-19-7-10)16(23)21-12-3-4-14(18)13(17)6-12/h3-9H,1-2H3,(H,20,22)(H,21,23). The predicted octanol–water partition coefficient (Wildman–Crippen LogP) is 3.26. The number of halogens is 2. The van der Waals surface area contributed by atoms with Gasteiger partial charge in [-0.05, 0) is 38.1 Å². The molecule has 0 radical (unpaired) electrons. The lowest BCUT2D eigenvalue weighted by molar-refractivity contribution is 0.0942. The van der Waals surface area contributed by atoms with Crippen molar-refractivity contribution >= 4 is 29.1 Å². The number of benzene rings is 1. The molecular weight excluding hydrogens is 321 g/mol. The topological polar surface area (TPSA) is 71.1 Å². The molecule has 0 aliphatic rings. The number of nitrogens with zero attached hydrogens (tertiary/aromatic N) is 1. The lowest BCUT2D eigenvalue weighted by atomic mass is 10.1. The van der Waals surface area contributed by atoms with E-state index in [1.807, 2.05) is 13.8 Å². The van der Waals surface area contributed by atoms with Crippen molar-refractivity contribution < 1.29 is 14.0 Å². The molecule has 2 aromatic rings. The highest BCUT2D eigenvalue weighted by atomic mass is 35.5. The third-order valence-corrected chi connectivity index (χ3v) is 3.15. The van der Waals surface area contributed by atoms with Gasteiger partial charge in [0.15, 0.2) is 0 Å². The zero-order valence-corrected chi connectivity index (χ0v) is 13.3. The zero-order valence-electron chi connectivity index (χ0n) is 12.6. The molecule has 23 heavy (non-hydrogen) atoms. The van der Waals surface area contributed by atoms with E-state index in [2.05, 4.69) is 15.6 Å². The summed E-state index contributed by atoms with van der Waals surface area (Å²) in [5.74, 6) is -1.36. The maximum atomic E-state index is 13.1. The molecule has 0 aliphatic carbocycles. The van der Waals surface area contributed by atoms with Gasteiger partial charge in [0.05, 0.1) is 16.1 Å². The molecule has 0 atom stereocenters. The van der Waals surface area contributed by atoms with Crippen molar-refractivity contribution in [3.05, 3.63) is 58.6 Å². The summed E-state index contributed by atoms with van der Waals surface area (Å²) in [6, 6.07) is 5.26. The third kappa shape index (κ3) is 4.50. The average Bonchev–Trinajstić information content (AvgIpc) is 2.50. The summed E-state index contributed by atoms with van der Waals surface area (Å²) < 4.78 is 13.1. The highest BCUT2D eigenvalue weighted by molar-refractivity contribution is 6.31. The molecule has 0 unspecified atom stereocenters. The maximum absolute atomic E-state index is 13.1. The Bertz CT molecular complexity index is 750. The van der Waals surface area contributed by atoms with E-state index in [0.717, 1.165) is 6.07 Å². The number of pyridine rings is 1. The average molecular weight is 336 g/mol. The maximum Gasteiger partial charge on any atom is 0.257 e. The van der Waals surface area contributed by atoms with Gasteiger partial charge in [0.2, 0.25) is 0 Å². The van der Waals surface area contributed by atoms with Gasteiger partial charge >= 0.3 is 0 Å². The van der Waals surface area contributed by atoms with Gasteiger partial charge in [-0.15, -0.1) is 0 Å². The van der Waals surface area contributed by atoms with Crippen molar-refractivity contribution in [3.63, 3.8) is 0 Å². The summed E-state index contributed by atoms with van der Waals surface area (Å²) in [6.45, 7) is 3.67. The summed E-state index contributed by atoms with van der Waals surface area (Å²) in [4.78, 5) is 28.0. The second-order valence-electron chi connectivity index (χ2n) is 5.17. The first kappa shape index (κ1) is 16.9. The minimum atomic E-state index is -0.571. The highest BCUT2D eigenvalue weighted by Crippen LogP contribution is 2.20. The first-order valence-corrected chi connectivity index (χ1v) is 7.27. The molecule has 5 nitrogen and oxygen atoms in total. The van der Waals surface area contributed by atoms with Crippen molar-refractivity contribution in [1.82, 2.24) is 10.3 Å². The van der Waals surface area contributed by atoms with E-state index in [4.69, 9.17) is 11.6 Å². The molecule has 1 aromatic carbocycles. The van der Waals surface area contributed by atoms with Gasteiger partial charge in [-0.25, -0.2) is 4.39 Å². The highest BCUT2D eigenvalue weighted by Gasteiger charge is 2.13. The van der Waals surface area contributed by atoms with Crippen LogP contribution in [0.2, 0.25) is 5.02 Å². The van der Waals surface area contributed by atoms with Gasteiger partial charge in [-0.1, -0.05) is 11.6 Å². The molecule has 0 saturated heterocycles. The lowest BCUT2D eigenvalue weighted by Crippen LogP contribution is -2.30. The van der Waals surface area contributed by atoms with E-state index in [0.29, 0.717) is 5.69 Å². The number of aromatic nitrogens is 1. The van der Waals surface area contributed by atoms with Crippen molar-refractivity contribution in [1.29, 1.82) is 0 Å². The smallest absolute Gasteiger partial charge is 0.257 e. The first-order chi connectivity index (χ1) is 10.9. The van der Waals surface area contributed by atoms with Crippen molar-refractivity contribution in [2.75, 3.05) is 5.32 Å². The number of anilines is 1. The number of carbonyl (C=O) groups excluding carboxylic acids is 2. The molecule has 2 N–H and O–H groups in total. The van der Waals surface area contributed by atoms with Gasteiger partial charge in [0.1, 0.15) is 5.82 Å². The third-order valence-electron chi connectivity index (χ3n) is 2.86. The monoisotopic (exact) mass is 335 g/mol. The van der Waals surface area contributed by atoms with Crippen LogP contribution in [0.4, 0.5) is 10.1 Å². The summed E-state index contributed by atoms with van der Waals surface area (Å²) in [6.07, 6.45) is 2.72. The second kappa shape index (κ2) is 7.19. The molecule has 0 bridgehead atoms. The molecule has 2 amide bonds. The number of rotatable bonds is 4. The fourth-order valence-electron chi connectivity index (χ4n) is 1.81. The van der Waals surface area contributed by atoms with Crippen molar-refractivity contribution in [3.8, 4) is 0 Å². The SMILES string of the molecule is CC(C)NC(=O)c1cncc(C(=O)Nc2ccc(F)c(Cl)c2)c1. The Kier molecular flexibility index (Phi) is 5.28. The van der Waals surface area contributed by atoms with Gasteiger partial charge in [0, 0.05) is 24.1 Å². The van der Waals surface area contributed by atoms with E-state index in [1.54, 1.807) is 0 Å². The Morgan fingerprint density at radius 2 is 1.78 bits per heavy atom. The Morgan fingerprint density at radius 1 is 1.13 bits per heavy atom. The van der Waals surface area contributed by atoms with Gasteiger partial charge in [0.25, 0.3) is 11.8 Å². The molecule has 0 aliphatic heterocycles. The fourth-order valence-corrected chi connectivity index (χ4v) is 1.99. The van der Waals surface area contributed by atoms with Crippen molar-refractivity contribution in [2.45, 2.75) is 19.9 Å². The molecule has 0 fully saturated rings. The van der Waals surface area contributed by atoms with Crippen LogP contribution < -0.4 is 10.6 Å². The Labute approximate surface area is 137 Å². The summed E-state index contributed by atoms with van der Waals surface area (Å²) in [5.41, 5.74) is 0.837. The van der Waals surface area contributed by atoms with Crippen LogP contribution in [0.5, 0.6) is 0 Å². The van der Waals surface area contributed by atoms with Crippen LogP contribution in [0, 0.1) is 5.82 Å². The quantitative estimate of drug-likeness (QED) is 0.900.